The number of ether oxygens (including phenoxy) is 7. The number of morpholine rings is 1. The van der Waals surface area contributed by atoms with Crippen LogP contribution in [0.25, 0.3) is 0 Å². The Labute approximate surface area is 403 Å². The van der Waals surface area contributed by atoms with Crippen LogP contribution in [-0.4, -0.2) is 102 Å². The van der Waals surface area contributed by atoms with Gasteiger partial charge in [0, 0.05) is 39.1 Å². The highest BCUT2D eigenvalue weighted by molar-refractivity contribution is 5.69. The average Bonchev–Trinajstić information content (AvgIpc) is 3.29. The number of nitrogens with zero attached hydrogens (tertiary/aromatic N) is 1. The molecule has 3 unspecified atom stereocenters. The molecule has 3 atom stereocenters. The highest BCUT2D eigenvalue weighted by Crippen LogP contribution is 2.17. The fourth-order valence-corrected chi connectivity index (χ4v) is 7.29. The topological polar surface area (TPSA) is 119 Å². The van der Waals surface area contributed by atoms with E-state index in [0.717, 1.165) is 129 Å². The van der Waals surface area contributed by atoms with Gasteiger partial charge in [-0.3, -0.25) is 14.5 Å². The number of carbonyl (C=O) groups is 3. The maximum Gasteiger partial charge on any atom is 0.508 e. The fraction of sp³-hybridized carbons (Fsp3) is 0.800. The Morgan fingerprint density at radius 1 is 0.561 bits per heavy atom. The van der Waals surface area contributed by atoms with Crippen LogP contribution < -0.4 is 0 Å². The zero-order valence-corrected chi connectivity index (χ0v) is 43.1. The Morgan fingerprint density at radius 2 is 1.11 bits per heavy atom. The molecule has 0 bridgehead atoms. The summed E-state index contributed by atoms with van der Waals surface area (Å²) >= 11 is 0. The van der Waals surface area contributed by atoms with Gasteiger partial charge in [0.15, 0.2) is 6.29 Å². The lowest BCUT2D eigenvalue weighted by atomic mass is 10.0. The van der Waals surface area contributed by atoms with Crippen molar-refractivity contribution in [1.82, 2.24) is 4.90 Å². The van der Waals surface area contributed by atoms with Crippen molar-refractivity contribution in [2.45, 2.75) is 196 Å². The Morgan fingerprint density at radius 3 is 1.70 bits per heavy atom. The van der Waals surface area contributed by atoms with Gasteiger partial charge in [-0.1, -0.05) is 100 Å². The number of allylic oxidation sites excluding steroid dienone is 8. The van der Waals surface area contributed by atoms with Crippen molar-refractivity contribution in [3.63, 3.8) is 0 Å². The fourth-order valence-electron chi connectivity index (χ4n) is 7.29. The number of unbranched alkanes of at least 4 members (excludes halogenated alkanes) is 9. The summed E-state index contributed by atoms with van der Waals surface area (Å²) in [5.74, 6) is -0.253. The van der Waals surface area contributed by atoms with Gasteiger partial charge in [-0.15, -0.1) is 0 Å². The van der Waals surface area contributed by atoms with E-state index in [2.05, 4.69) is 89.8 Å². The van der Waals surface area contributed by atoms with E-state index in [4.69, 9.17) is 33.2 Å². The van der Waals surface area contributed by atoms with Gasteiger partial charge < -0.3 is 33.2 Å². The minimum atomic E-state index is -0.788. The van der Waals surface area contributed by atoms with Crippen LogP contribution in [0.5, 0.6) is 0 Å². The van der Waals surface area contributed by atoms with Crippen LogP contribution in [-0.2, 0) is 42.7 Å². The van der Waals surface area contributed by atoms with Crippen LogP contribution >= 0.6 is 0 Å². The molecular formula is C55H97NO10. The summed E-state index contributed by atoms with van der Waals surface area (Å²) in [6, 6.07) is 0. The molecule has 1 aliphatic heterocycles. The summed E-state index contributed by atoms with van der Waals surface area (Å²) in [6.45, 7) is 20.6. The van der Waals surface area contributed by atoms with E-state index >= 15 is 0 Å². The van der Waals surface area contributed by atoms with Crippen LogP contribution in [0.15, 0.2) is 47.6 Å². The van der Waals surface area contributed by atoms with Crippen molar-refractivity contribution in [3.05, 3.63) is 47.6 Å². The number of hydrogen-bond donors (Lipinski definition) is 0. The van der Waals surface area contributed by atoms with Gasteiger partial charge in [-0.2, -0.15) is 0 Å². The van der Waals surface area contributed by atoms with Gasteiger partial charge >= 0.3 is 18.1 Å². The monoisotopic (exact) mass is 932 g/mol. The Hall–Kier alpha value is -2.99. The van der Waals surface area contributed by atoms with Crippen LogP contribution in [0.1, 0.15) is 190 Å². The molecule has 1 aliphatic rings. The molecule has 0 aromatic carbocycles. The Balaban J connectivity index is 2.63. The Kier molecular flexibility index (Phi) is 40.0. The highest BCUT2D eigenvalue weighted by atomic mass is 16.7. The first-order valence-corrected chi connectivity index (χ1v) is 26.2. The van der Waals surface area contributed by atoms with Gasteiger partial charge in [0.05, 0.1) is 32.2 Å². The molecule has 382 valence electrons. The number of rotatable bonds is 42. The molecule has 0 radical (unpaired) electrons. The minimum absolute atomic E-state index is 0.0361. The second-order valence-electron chi connectivity index (χ2n) is 19.0. The maximum absolute atomic E-state index is 13.1. The van der Waals surface area contributed by atoms with Crippen LogP contribution in [0, 0.1) is 17.8 Å². The largest absolute Gasteiger partial charge is 0.508 e. The second-order valence-corrected chi connectivity index (χ2v) is 19.0. The minimum Gasteiger partial charge on any atom is -0.465 e. The second kappa shape index (κ2) is 43.3. The van der Waals surface area contributed by atoms with E-state index in [1.807, 2.05) is 0 Å². The first-order valence-electron chi connectivity index (χ1n) is 26.2. The number of esters is 2. The van der Waals surface area contributed by atoms with E-state index in [1.165, 1.54) is 36.8 Å². The molecule has 11 heteroatoms. The van der Waals surface area contributed by atoms with E-state index in [9.17, 15) is 14.4 Å². The molecule has 0 amide bonds. The van der Waals surface area contributed by atoms with E-state index in [-0.39, 0.29) is 38.8 Å². The molecule has 66 heavy (non-hydrogen) atoms. The quantitative estimate of drug-likeness (QED) is 0.0191. The van der Waals surface area contributed by atoms with Gasteiger partial charge in [0.2, 0.25) is 0 Å². The molecule has 1 heterocycles. The van der Waals surface area contributed by atoms with Gasteiger partial charge in [0.25, 0.3) is 0 Å². The normalized spacial score (nSPS) is 15.0. The zero-order valence-electron chi connectivity index (χ0n) is 43.1. The van der Waals surface area contributed by atoms with Crippen molar-refractivity contribution in [3.8, 4) is 0 Å². The van der Waals surface area contributed by atoms with E-state index in [1.54, 1.807) is 0 Å². The molecule has 0 N–H and O–H groups in total. The first kappa shape index (κ1) is 61.0. The standard InChI is InChI=1S/C55H97NO10/c1-8-9-10-11-12-13-14-15-16-17-18-19-20-21-22-31-52(57)64-44-51(46-66-55(59)63-39-24-23-36-56-37-42-60-43-38-56)45-65-53(58)32-33-54(61-40-34-49(6)29-25-27-47(2)3)62-41-35-50(7)30-26-28-48(4)5/h12-13,15-16,27-28,49-51,54H,8-11,14,17-26,29-46H2,1-7H3/b13-12-,16-15-. The third-order valence-corrected chi connectivity index (χ3v) is 11.8. The van der Waals surface area contributed by atoms with Crippen molar-refractivity contribution in [2.75, 3.05) is 72.5 Å². The van der Waals surface area contributed by atoms with E-state index in [0.29, 0.717) is 37.9 Å². The van der Waals surface area contributed by atoms with Crippen LogP contribution in [0.3, 0.4) is 0 Å². The SMILES string of the molecule is CCCCC/C=C\C/C=C\CCCCCCCC(=O)OCC(COC(=O)CCC(OCCC(C)CCC=C(C)C)OCCC(C)CCC=C(C)C)COC(=O)OCCCCN1CCOCC1. The molecular weight excluding hydrogens is 835 g/mol. The van der Waals surface area contributed by atoms with Crippen LogP contribution in [0.2, 0.25) is 0 Å². The molecule has 11 nitrogen and oxygen atoms in total. The summed E-state index contributed by atoms with van der Waals surface area (Å²) in [4.78, 5) is 40.7. The average molecular weight is 932 g/mol. The van der Waals surface area contributed by atoms with Crippen molar-refractivity contribution >= 4 is 18.1 Å². The summed E-state index contributed by atoms with van der Waals surface area (Å²) in [5.41, 5.74) is 2.67. The number of carbonyl (C=O) groups excluding carboxylic acids is 3. The van der Waals surface area contributed by atoms with Crippen molar-refractivity contribution in [2.24, 2.45) is 17.8 Å². The third kappa shape index (κ3) is 40.1. The van der Waals surface area contributed by atoms with Crippen molar-refractivity contribution in [1.29, 1.82) is 0 Å². The predicted octanol–water partition coefficient (Wildman–Crippen LogP) is 13.5. The van der Waals surface area contributed by atoms with E-state index < -0.39 is 24.3 Å². The molecule has 0 aliphatic carbocycles. The molecule has 0 aromatic rings. The van der Waals surface area contributed by atoms with Gasteiger partial charge in [-0.25, -0.2) is 4.79 Å². The maximum atomic E-state index is 13.1. The lowest BCUT2D eigenvalue weighted by Crippen LogP contribution is -2.36. The smallest absolute Gasteiger partial charge is 0.465 e. The molecule has 1 rings (SSSR count). The summed E-state index contributed by atoms with van der Waals surface area (Å²) in [5, 5.41) is 0. The third-order valence-electron chi connectivity index (χ3n) is 11.8. The highest BCUT2D eigenvalue weighted by Gasteiger charge is 2.20. The Bertz CT molecular complexity index is 1280. The molecule has 0 saturated carbocycles. The zero-order chi connectivity index (χ0) is 48.3. The summed E-state index contributed by atoms with van der Waals surface area (Å²) in [6.07, 6.45) is 33.0. The molecule has 1 fully saturated rings. The molecule has 0 spiro atoms. The molecule has 1 saturated heterocycles. The lowest BCUT2D eigenvalue weighted by Gasteiger charge is -2.26. The summed E-state index contributed by atoms with van der Waals surface area (Å²) in [7, 11) is 0. The van der Waals surface area contributed by atoms with Gasteiger partial charge in [-0.05, 0) is 136 Å². The first-order chi connectivity index (χ1) is 32.0. The summed E-state index contributed by atoms with van der Waals surface area (Å²) < 4.78 is 39.9. The lowest BCUT2D eigenvalue weighted by molar-refractivity contribution is -0.162. The van der Waals surface area contributed by atoms with Crippen molar-refractivity contribution < 1.29 is 47.5 Å². The number of hydrogen-bond acceptors (Lipinski definition) is 11. The molecule has 0 aromatic heterocycles. The van der Waals surface area contributed by atoms with Gasteiger partial charge in [0.1, 0.15) is 19.8 Å². The van der Waals surface area contributed by atoms with Crippen LogP contribution in [0.4, 0.5) is 4.79 Å². The predicted molar refractivity (Wildman–Crippen MR) is 268 cm³/mol.